The first-order valence-corrected chi connectivity index (χ1v) is 4.71. The number of carboxylic acids is 1. The van der Waals surface area contributed by atoms with Crippen molar-refractivity contribution in [1.29, 1.82) is 0 Å². The molecule has 0 aromatic carbocycles. The number of aliphatic hydroxyl groups is 5. The molecule has 9 nitrogen and oxygen atoms in total. The molecule has 9 heteroatoms. The van der Waals surface area contributed by atoms with Gasteiger partial charge in [0.25, 0.3) is 0 Å². The van der Waals surface area contributed by atoms with E-state index in [-0.39, 0.29) is 6.29 Å². The minimum Gasteiger partial charge on any atom is -0.476 e. The molecule has 0 heterocycles. The van der Waals surface area contributed by atoms with Crippen LogP contribution in [0.2, 0.25) is 0 Å². The molecule has 6 N–H and O–H groups in total. The van der Waals surface area contributed by atoms with Crippen molar-refractivity contribution in [1.82, 2.24) is 0 Å². The number of aldehydes is 1. The number of hydrogen-bond donors (Lipinski definition) is 6. The maximum absolute atomic E-state index is 9.90. The van der Waals surface area contributed by atoms with Crippen LogP contribution >= 0.6 is 0 Å². The quantitative estimate of drug-likeness (QED) is 0.209. The second-order valence-corrected chi connectivity index (χ2v) is 3.22. The lowest BCUT2D eigenvalue weighted by atomic mass is 10.0. The largest absolute Gasteiger partial charge is 0.476 e. The third kappa shape index (κ3) is 7.81. The van der Waals surface area contributed by atoms with E-state index in [2.05, 4.69) is 0 Å². The highest BCUT2D eigenvalue weighted by Gasteiger charge is 2.29. The number of Topliss-reactive ketones (excluding diaryl/α,β-unsaturated/α-hetero) is 1. The Morgan fingerprint density at radius 1 is 1.11 bits per heavy atom. The molecule has 4 atom stereocenters. The number of ketones is 1. The summed E-state index contributed by atoms with van der Waals surface area (Å²) >= 11 is 0. The predicted molar refractivity (Wildman–Crippen MR) is 55.5 cm³/mol. The fourth-order valence-corrected chi connectivity index (χ4v) is 0.618. The molecule has 0 rings (SSSR count). The third-order valence-electron chi connectivity index (χ3n) is 1.72. The summed E-state index contributed by atoms with van der Waals surface area (Å²) in [4.78, 5) is 28.8. The Morgan fingerprint density at radius 2 is 1.50 bits per heavy atom. The van der Waals surface area contributed by atoms with Crippen molar-refractivity contribution in [3.63, 3.8) is 0 Å². The monoisotopic (exact) mass is 268 g/mol. The van der Waals surface area contributed by atoms with Gasteiger partial charge in [0, 0.05) is 6.92 Å². The van der Waals surface area contributed by atoms with E-state index in [1.54, 1.807) is 0 Å². The zero-order valence-corrected chi connectivity index (χ0v) is 9.50. The first-order chi connectivity index (χ1) is 8.18. The van der Waals surface area contributed by atoms with Gasteiger partial charge in [-0.05, 0) is 0 Å². The first kappa shape index (κ1) is 19.0. The number of carboxylic acid groups (broad SMARTS) is 1. The Morgan fingerprint density at radius 3 is 1.72 bits per heavy atom. The highest BCUT2D eigenvalue weighted by Crippen LogP contribution is 2.02. The molecule has 0 aliphatic heterocycles. The van der Waals surface area contributed by atoms with Gasteiger partial charge in [0.2, 0.25) is 5.78 Å². The molecule has 0 aromatic heterocycles. The zero-order chi connectivity index (χ0) is 14.9. The summed E-state index contributed by atoms with van der Waals surface area (Å²) in [6.45, 7) is 0.242. The fourth-order valence-electron chi connectivity index (χ4n) is 0.618. The van der Waals surface area contributed by atoms with E-state index >= 15 is 0 Å². The van der Waals surface area contributed by atoms with Crippen LogP contribution < -0.4 is 0 Å². The Kier molecular flexibility index (Phi) is 10.1. The molecule has 0 spiro atoms. The van der Waals surface area contributed by atoms with Crippen molar-refractivity contribution in [2.75, 3.05) is 6.61 Å². The van der Waals surface area contributed by atoms with Gasteiger partial charge >= 0.3 is 5.97 Å². The average molecular weight is 268 g/mol. The van der Waals surface area contributed by atoms with Crippen LogP contribution in [0.4, 0.5) is 0 Å². The van der Waals surface area contributed by atoms with Crippen LogP contribution in [-0.2, 0) is 14.4 Å². The number of carbonyl (C=O) groups is 3. The molecule has 0 fully saturated rings. The Labute approximate surface area is 102 Å². The molecule has 0 bridgehead atoms. The normalized spacial score (nSPS) is 16.6. The second kappa shape index (κ2) is 9.62. The van der Waals surface area contributed by atoms with Crippen LogP contribution in [0.25, 0.3) is 0 Å². The minimum atomic E-state index is -1.79. The van der Waals surface area contributed by atoms with Gasteiger partial charge in [0.15, 0.2) is 6.29 Å². The van der Waals surface area contributed by atoms with Crippen LogP contribution in [0.3, 0.4) is 0 Å². The van der Waals surface area contributed by atoms with Gasteiger partial charge in [-0.25, -0.2) is 4.79 Å². The number of hydrogen-bond acceptors (Lipinski definition) is 8. The van der Waals surface area contributed by atoms with E-state index in [9.17, 15) is 14.4 Å². The fraction of sp³-hybridized carbons (Fsp3) is 0.667. The summed E-state index contributed by atoms with van der Waals surface area (Å²) in [5, 5.41) is 51.2. The molecule has 0 aliphatic rings. The Balaban J connectivity index is 0. The summed E-state index contributed by atoms with van der Waals surface area (Å²) in [7, 11) is 0. The Bertz CT molecular complexity index is 265. The van der Waals surface area contributed by atoms with E-state index in [1.807, 2.05) is 0 Å². The van der Waals surface area contributed by atoms with Crippen molar-refractivity contribution in [2.45, 2.75) is 31.3 Å². The number of aliphatic carboxylic acids is 1. The molecular weight excluding hydrogens is 252 g/mol. The molecule has 0 radical (unpaired) electrons. The maximum Gasteiger partial charge on any atom is 0.371 e. The molecular formula is C9H16O9. The molecule has 0 unspecified atom stereocenters. The summed E-state index contributed by atoms with van der Waals surface area (Å²) in [6, 6.07) is 0. The average Bonchev–Trinajstić information content (AvgIpc) is 2.35. The Hall–Kier alpha value is -1.39. The van der Waals surface area contributed by atoms with Gasteiger partial charge in [-0.2, -0.15) is 0 Å². The third-order valence-corrected chi connectivity index (χ3v) is 1.72. The first-order valence-electron chi connectivity index (χ1n) is 4.71. The van der Waals surface area contributed by atoms with E-state index in [0.717, 1.165) is 6.92 Å². The lowest BCUT2D eigenvalue weighted by Crippen LogP contribution is -2.46. The molecule has 0 saturated heterocycles. The predicted octanol–water partition coefficient (Wildman–Crippen LogP) is -3.72. The lowest BCUT2D eigenvalue weighted by molar-refractivity contribution is -0.148. The van der Waals surface area contributed by atoms with Crippen LogP contribution in [0, 0.1) is 0 Å². The van der Waals surface area contributed by atoms with Crippen molar-refractivity contribution >= 4 is 18.0 Å². The van der Waals surface area contributed by atoms with Gasteiger partial charge < -0.3 is 35.4 Å². The van der Waals surface area contributed by atoms with Crippen molar-refractivity contribution in [2.24, 2.45) is 0 Å². The minimum absolute atomic E-state index is 0.0258. The van der Waals surface area contributed by atoms with Crippen LogP contribution in [0.1, 0.15) is 6.92 Å². The summed E-state index contributed by atoms with van der Waals surface area (Å²) in [5.74, 6) is -2.20. The standard InChI is InChI=1S/C6H12O6.C3H4O3/c7-1-3(9)5(11)6(12)4(10)2-8;1-2(4)3(5)6/h1,3-6,8-12H,2H2;1H3,(H,5,6)/t3-,4-,5-,6-;/m1./s1. The summed E-state index contributed by atoms with van der Waals surface area (Å²) in [6.07, 6.45) is -6.84. The van der Waals surface area contributed by atoms with Gasteiger partial charge in [0.05, 0.1) is 6.61 Å². The second-order valence-electron chi connectivity index (χ2n) is 3.22. The maximum atomic E-state index is 9.90. The highest BCUT2D eigenvalue weighted by molar-refractivity contribution is 6.31. The molecule has 0 saturated carbocycles. The summed E-state index contributed by atoms with van der Waals surface area (Å²) in [5.41, 5.74) is 0. The molecule has 0 aliphatic carbocycles. The highest BCUT2D eigenvalue weighted by atomic mass is 16.4. The van der Waals surface area contributed by atoms with E-state index < -0.39 is 42.8 Å². The lowest BCUT2D eigenvalue weighted by Gasteiger charge is -2.22. The van der Waals surface area contributed by atoms with Crippen LogP contribution in [0.15, 0.2) is 0 Å². The molecule has 18 heavy (non-hydrogen) atoms. The molecule has 0 amide bonds. The van der Waals surface area contributed by atoms with Crippen molar-refractivity contribution in [3.8, 4) is 0 Å². The van der Waals surface area contributed by atoms with E-state index in [4.69, 9.17) is 30.6 Å². The van der Waals surface area contributed by atoms with E-state index in [1.165, 1.54) is 0 Å². The van der Waals surface area contributed by atoms with Gasteiger partial charge in [-0.15, -0.1) is 0 Å². The van der Waals surface area contributed by atoms with Gasteiger partial charge in [-0.3, -0.25) is 4.79 Å². The number of rotatable bonds is 6. The SMILES string of the molecule is CC(=O)C(=O)O.O=C[C@@H](O)[C@@H](O)[C@H](O)[C@H](O)CO. The topological polar surface area (TPSA) is 173 Å². The van der Waals surface area contributed by atoms with Gasteiger partial charge in [0.1, 0.15) is 24.4 Å². The number of carbonyl (C=O) groups excluding carboxylic acids is 2. The van der Waals surface area contributed by atoms with Crippen LogP contribution in [0.5, 0.6) is 0 Å². The van der Waals surface area contributed by atoms with Gasteiger partial charge in [-0.1, -0.05) is 0 Å². The zero-order valence-electron chi connectivity index (χ0n) is 9.50. The van der Waals surface area contributed by atoms with Crippen LogP contribution in [-0.4, -0.2) is 79.7 Å². The number of aliphatic hydroxyl groups excluding tert-OH is 5. The van der Waals surface area contributed by atoms with E-state index in [0.29, 0.717) is 0 Å². The summed E-state index contributed by atoms with van der Waals surface area (Å²) < 4.78 is 0. The molecule has 0 aromatic rings. The van der Waals surface area contributed by atoms with Crippen molar-refractivity contribution < 1.29 is 45.0 Å². The van der Waals surface area contributed by atoms with Crippen molar-refractivity contribution in [3.05, 3.63) is 0 Å². The smallest absolute Gasteiger partial charge is 0.371 e. The molecule has 106 valence electrons.